The van der Waals surface area contributed by atoms with Crippen molar-refractivity contribution in [3.63, 3.8) is 0 Å². The van der Waals surface area contributed by atoms with Gasteiger partial charge in [0.2, 0.25) is 0 Å². The Morgan fingerprint density at radius 1 is 1.17 bits per heavy atom. The Hall–Kier alpha value is -1.91. The van der Waals surface area contributed by atoms with Gasteiger partial charge in [0.05, 0.1) is 6.61 Å². The maximum atomic E-state index is 6.04. The third-order valence-corrected chi connectivity index (χ3v) is 6.73. The molecule has 1 N–H and O–H groups in total. The zero-order chi connectivity index (χ0) is 20.2. The summed E-state index contributed by atoms with van der Waals surface area (Å²) in [5, 5.41) is 1.35. The smallest absolute Gasteiger partial charge is 0.122 e. The maximum Gasteiger partial charge on any atom is 0.122 e. The number of hydrogen-bond acceptors (Lipinski definition) is 3. The maximum absolute atomic E-state index is 6.04. The van der Waals surface area contributed by atoms with Gasteiger partial charge in [-0.05, 0) is 66.8 Å². The van der Waals surface area contributed by atoms with Gasteiger partial charge in [0, 0.05) is 42.0 Å². The molecule has 0 spiro atoms. The third-order valence-electron chi connectivity index (χ3n) is 6.14. The van der Waals surface area contributed by atoms with Gasteiger partial charge in [0.15, 0.2) is 0 Å². The van der Waals surface area contributed by atoms with Gasteiger partial charge in [-0.25, -0.2) is 0 Å². The van der Waals surface area contributed by atoms with Crippen molar-refractivity contribution in [2.24, 2.45) is 0 Å². The van der Waals surface area contributed by atoms with E-state index < -0.39 is 0 Å². The Balaban J connectivity index is 1.74. The third kappa shape index (κ3) is 4.19. The predicted molar refractivity (Wildman–Crippen MR) is 125 cm³/mol. The van der Waals surface area contributed by atoms with Crippen LogP contribution in [-0.4, -0.2) is 41.6 Å². The molecule has 2 aromatic carbocycles. The van der Waals surface area contributed by atoms with Crippen molar-refractivity contribution < 1.29 is 4.74 Å². The number of nitrogens with zero attached hydrogens (tertiary/aromatic N) is 1. The number of ether oxygens (including phenoxy) is 1. The fourth-order valence-electron chi connectivity index (χ4n) is 4.62. The van der Waals surface area contributed by atoms with Crippen LogP contribution in [0.1, 0.15) is 42.1 Å². The summed E-state index contributed by atoms with van der Waals surface area (Å²) in [5.74, 6) is 2.25. The lowest BCUT2D eigenvalue weighted by atomic mass is 9.86. The van der Waals surface area contributed by atoms with Crippen LogP contribution < -0.4 is 4.74 Å². The number of aromatic nitrogens is 1. The highest BCUT2D eigenvalue weighted by Crippen LogP contribution is 2.38. The summed E-state index contributed by atoms with van der Waals surface area (Å²) in [5.41, 5.74) is 6.95. The number of H-pyrrole nitrogens is 1. The number of fused-ring (bicyclic) bond motifs is 2. The lowest BCUT2D eigenvalue weighted by molar-refractivity contribution is 0.195. The molecule has 0 amide bonds. The molecule has 0 bridgehead atoms. The number of aryl methyl sites for hydroxylation is 1. The summed E-state index contributed by atoms with van der Waals surface area (Å²) in [7, 11) is 0. The number of nitrogens with one attached hydrogen (secondary N) is 1. The highest BCUT2D eigenvalue weighted by molar-refractivity contribution is 7.98. The molecule has 154 valence electrons. The van der Waals surface area contributed by atoms with Crippen molar-refractivity contribution in [1.82, 2.24) is 9.88 Å². The Bertz CT molecular complexity index is 965. The topological polar surface area (TPSA) is 28.3 Å². The molecule has 0 aliphatic carbocycles. The molecule has 0 radical (unpaired) electrons. The Morgan fingerprint density at radius 2 is 2.03 bits per heavy atom. The second-order valence-corrected chi connectivity index (χ2v) is 8.79. The molecule has 4 heteroatoms. The molecule has 2 heterocycles. The standard InChI is InChI=1S/C25H32N2OS/c1-4-18-14-19-10-11-27(12-13-29-3)24(22(19)16-25(18)28-5-2)15-20-17-26-23-9-7-6-8-21(20)23/h6-9,14,16-17,24,26H,4-5,10-13,15H2,1-3H3. The average molecular weight is 409 g/mol. The average Bonchev–Trinajstić information content (AvgIpc) is 3.16. The molecule has 0 saturated heterocycles. The molecule has 1 aromatic heterocycles. The van der Waals surface area contributed by atoms with Crippen LogP contribution >= 0.6 is 11.8 Å². The molecule has 3 aromatic rings. The first-order valence-electron chi connectivity index (χ1n) is 10.8. The van der Waals surface area contributed by atoms with Gasteiger partial charge < -0.3 is 9.72 Å². The van der Waals surface area contributed by atoms with Gasteiger partial charge >= 0.3 is 0 Å². The second-order valence-electron chi connectivity index (χ2n) is 7.80. The largest absolute Gasteiger partial charge is 0.494 e. The molecule has 1 atom stereocenters. The zero-order valence-corrected chi connectivity index (χ0v) is 18.6. The number of thioether (sulfide) groups is 1. The molecule has 1 aliphatic rings. The molecule has 3 nitrogen and oxygen atoms in total. The molecule has 0 saturated carbocycles. The van der Waals surface area contributed by atoms with Crippen molar-refractivity contribution in [3.05, 3.63) is 64.8 Å². The number of hydrogen-bond donors (Lipinski definition) is 1. The first kappa shape index (κ1) is 20.4. The first-order chi connectivity index (χ1) is 14.2. The quantitative estimate of drug-likeness (QED) is 0.523. The van der Waals surface area contributed by atoms with Crippen molar-refractivity contribution >= 4 is 22.7 Å². The van der Waals surface area contributed by atoms with Crippen LogP contribution in [0.4, 0.5) is 0 Å². The minimum absolute atomic E-state index is 0.398. The van der Waals surface area contributed by atoms with E-state index in [1.165, 1.54) is 38.9 Å². The molecule has 1 unspecified atom stereocenters. The number of para-hydroxylation sites is 1. The SMILES string of the molecule is CCOc1cc2c(cc1CC)CCN(CCSC)C2Cc1c[nH]c2ccccc12. The van der Waals surface area contributed by atoms with Crippen molar-refractivity contribution in [3.8, 4) is 5.75 Å². The van der Waals surface area contributed by atoms with Crippen LogP contribution in [0.15, 0.2) is 42.6 Å². The van der Waals surface area contributed by atoms with Crippen LogP contribution in [0.3, 0.4) is 0 Å². The summed E-state index contributed by atoms with van der Waals surface area (Å²) < 4.78 is 6.04. The van der Waals surface area contributed by atoms with Crippen molar-refractivity contribution in [2.45, 2.75) is 39.2 Å². The lowest BCUT2D eigenvalue weighted by Gasteiger charge is -2.38. The van der Waals surface area contributed by atoms with Crippen LogP contribution in [-0.2, 0) is 19.3 Å². The zero-order valence-electron chi connectivity index (χ0n) is 17.8. The molecule has 29 heavy (non-hydrogen) atoms. The van der Waals surface area contributed by atoms with E-state index in [0.717, 1.165) is 44.7 Å². The Labute approximate surface area is 178 Å². The number of benzene rings is 2. The summed E-state index contributed by atoms with van der Waals surface area (Å²) in [6.07, 6.45) is 7.59. The highest BCUT2D eigenvalue weighted by Gasteiger charge is 2.29. The van der Waals surface area contributed by atoms with Crippen LogP contribution in [0.5, 0.6) is 5.75 Å². The second kappa shape index (κ2) is 9.27. The van der Waals surface area contributed by atoms with E-state index in [0.29, 0.717) is 6.04 Å². The van der Waals surface area contributed by atoms with Gasteiger partial charge in [-0.15, -0.1) is 0 Å². The van der Waals surface area contributed by atoms with Gasteiger partial charge in [-0.3, -0.25) is 4.90 Å². The summed E-state index contributed by atoms with van der Waals surface area (Å²) in [6.45, 7) is 7.29. The number of rotatable bonds is 8. The molecular weight excluding hydrogens is 376 g/mol. The molecule has 4 rings (SSSR count). The summed E-state index contributed by atoms with van der Waals surface area (Å²) in [6, 6.07) is 13.8. The number of aromatic amines is 1. The lowest BCUT2D eigenvalue weighted by Crippen LogP contribution is -2.38. The minimum Gasteiger partial charge on any atom is -0.494 e. The Kier molecular flexibility index (Phi) is 6.51. The molecule has 0 fully saturated rings. The van der Waals surface area contributed by atoms with Crippen LogP contribution in [0.2, 0.25) is 0 Å². The van der Waals surface area contributed by atoms with Crippen LogP contribution in [0, 0.1) is 0 Å². The molecular formula is C25H32N2OS. The van der Waals surface area contributed by atoms with E-state index in [1.807, 2.05) is 11.8 Å². The van der Waals surface area contributed by atoms with Gasteiger partial charge in [0.1, 0.15) is 5.75 Å². The van der Waals surface area contributed by atoms with E-state index in [9.17, 15) is 0 Å². The monoisotopic (exact) mass is 408 g/mol. The summed E-state index contributed by atoms with van der Waals surface area (Å²) >= 11 is 1.93. The van der Waals surface area contributed by atoms with E-state index in [4.69, 9.17) is 4.74 Å². The van der Waals surface area contributed by atoms with Crippen LogP contribution in [0.25, 0.3) is 10.9 Å². The first-order valence-corrected chi connectivity index (χ1v) is 12.2. The minimum atomic E-state index is 0.398. The molecule has 1 aliphatic heterocycles. The van der Waals surface area contributed by atoms with E-state index >= 15 is 0 Å². The fourth-order valence-corrected chi connectivity index (χ4v) is 5.04. The predicted octanol–water partition coefficient (Wildman–Crippen LogP) is 5.63. The van der Waals surface area contributed by atoms with E-state index in [-0.39, 0.29) is 0 Å². The van der Waals surface area contributed by atoms with Crippen molar-refractivity contribution in [2.75, 3.05) is 31.7 Å². The van der Waals surface area contributed by atoms with E-state index in [2.05, 4.69) is 72.6 Å². The normalized spacial score (nSPS) is 16.9. The van der Waals surface area contributed by atoms with Gasteiger partial charge in [-0.1, -0.05) is 31.2 Å². The fraction of sp³-hybridized carbons (Fsp3) is 0.440. The van der Waals surface area contributed by atoms with Gasteiger partial charge in [0.25, 0.3) is 0 Å². The Morgan fingerprint density at radius 3 is 2.83 bits per heavy atom. The van der Waals surface area contributed by atoms with Crippen molar-refractivity contribution in [1.29, 1.82) is 0 Å². The highest BCUT2D eigenvalue weighted by atomic mass is 32.2. The van der Waals surface area contributed by atoms with E-state index in [1.54, 1.807) is 0 Å². The van der Waals surface area contributed by atoms with Gasteiger partial charge in [-0.2, -0.15) is 11.8 Å². The summed E-state index contributed by atoms with van der Waals surface area (Å²) in [4.78, 5) is 6.14.